The lowest BCUT2D eigenvalue weighted by Gasteiger charge is -2.38. The van der Waals surface area contributed by atoms with E-state index in [0.717, 1.165) is 27.8 Å². The smallest absolute Gasteiger partial charge is 0.262 e. The van der Waals surface area contributed by atoms with Gasteiger partial charge in [0.05, 0.1) is 20.6 Å². The van der Waals surface area contributed by atoms with Crippen molar-refractivity contribution in [2.45, 2.75) is 48.0 Å². The number of nitrogens with one attached hydrogen (secondary N) is 1. The SMILES string of the molecule is Cc1ccc(S(=O)(=O)Nc2c(C(SC(c3ccccc3)(c3ccccc3)c3ccccc3)c3ccc(C(C)(C)C)cc3)oc3ccccc23)cc1. The Hall–Kier alpha value is -5.04. The van der Waals surface area contributed by atoms with Crippen LogP contribution in [0.25, 0.3) is 11.0 Å². The fourth-order valence-corrected chi connectivity index (χ4v) is 9.42. The number of anilines is 1. The van der Waals surface area contributed by atoms with Gasteiger partial charge in [0, 0.05) is 5.39 Å². The number of benzene rings is 6. The minimum absolute atomic E-state index is 0.0444. The van der Waals surface area contributed by atoms with Gasteiger partial charge in [-0.1, -0.05) is 166 Å². The molecule has 1 heterocycles. The lowest BCUT2D eigenvalue weighted by Crippen LogP contribution is -2.27. The Morgan fingerprint density at radius 3 is 1.59 bits per heavy atom. The molecule has 7 rings (SSSR count). The van der Waals surface area contributed by atoms with Crippen molar-refractivity contribution in [3.8, 4) is 0 Å². The predicted octanol–water partition coefficient (Wildman–Crippen LogP) is 11.7. The van der Waals surface area contributed by atoms with Crippen LogP contribution in [-0.2, 0) is 20.2 Å². The van der Waals surface area contributed by atoms with Crippen molar-refractivity contribution in [3.05, 3.63) is 203 Å². The number of para-hydroxylation sites is 1. The molecule has 0 spiro atoms. The molecule has 1 aromatic heterocycles. The summed E-state index contributed by atoms with van der Waals surface area (Å²) in [7, 11) is -3.98. The Balaban J connectivity index is 1.51. The summed E-state index contributed by atoms with van der Waals surface area (Å²) in [6.45, 7) is 8.56. The minimum Gasteiger partial charge on any atom is -0.457 e. The molecule has 0 amide bonds. The molecule has 0 aliphatic rings. The predicted molar refractivity (Wildman–Crippen MR) is 212 cm³/mol. The molecule has 51 heavy (non-hydrogen) atoms. The van der Waals surface area contributed by atoms with Crippen LogP contribution < -0.4 is 4.72 Å². The zero-order chi connectivity index (χ0) is 35.6. The van der Waals surface area contributed by atoms with Gasteiger partial charge in [0.15, 0.2) is 0 Å². The molecule has 0 aliphatic carbocycles. The van der Waals surface area contributed by atoms with E-state index in [-0.39, 0.29) is 10.3 Å². The molecule has 256 valence electrons. The first-order valence-electron chi connectivity index (χ1n) is 17.1. The van der Waals surface area contributed by atoms with Gasteiger partial charge in [-0.25, -0.2) is 8.42 Å². The number of thioether (sulfide) groups is 1. The van der Waals surface area contributed by atoms with Crippen LogP contribution in [-0.4, -0.2) is 8.42 Å². The first-order valence-corrected chi connectivity index (χ1v) is 19.5. The Morgan fingerprint density at radius 2 is 1.08 bits per heavy atom. The number of rotatable bonds is 10. The maximum absolute atomic E-state index is 14.1. The van der Waals surface area contributed by atoms with Crippen LogP contribution in [0.3, 0.4) is 0 Å². The Labute approximate surface area is 305 Å². The summed E-state index contributed by atoms with van der Waals surface area (Å²) < 4.78 is 37.3. The number of hydrogen-bond donors (Lipinski definition) is 1. The zero-order valence-corrected chi connectivity index (χ0v) is 30.8. The lowest BCUT2D eigenvalue weighted by molar-refractivity contribution is 0.559. The van der Waals surface area contributed by atoms with Gasteiger partial charge in [-0.3, -0.25) is 4.72 Å². The maximum Gasteiger partial charge on any atom is 0.262 e. The largest absolute Gasteiger partial charge is 0.457 e. The number of furan rings is 1. The van der Waals surface area contributed by atoms with Gasteiger partial charge in [-0.2, -0.15) is 0 Å². The molecule has 1 atom stereocenters. The average Bonchev–Trinajstić information content (AvgIpc) is 3.50. The molecule has 1 N–H and O–H groups in total. The van der Waals surface area contributed by atoms with Crippen molar-refractivity contribution in [2.24, 2.45) is 0 Å². The van der Waals surface area contributed by atoms with Crippen LogP contribution in [0.1, 0.15) is 65.2 Å². The highest BCUT2D eigenvalue weighted by Gasteiger charge is 2.42. The molecule has 0 saturated carbocycles. The molecule has 7 aromatic rings. The van der Waals surface area contributed by atoms with Crippen LogP contribution in [0.2, 0.25) is 0 Å². The molecule has 0 radical (unpaired) electrons. The fourth-order valence-electron chi connectivity index (χ4n) is 6.60. The van der Waals surface area contributed by atoms with Crippen LogP contribution >= 0.6 is 11.8 Å². The van der Waals surface area contributed by atoms with Crippen LogP contribution in [0.4, 0.5) is 5.69 Å². The number of fused-ring (bicyclic) bond motifs is 1. The van der Waals surface area contributed by atoms with Crippen molar-refractivity contribution in [2.75, 3.05) is 4.72 Å². The van der Waals surface area contributed by atoms with Crippen molar-refractivity contribution < 1.29 is 12.8 Å². The van der Waals surface area contributed by atoms with Gasteiger partial charge in [0.25, 0.3) is 10.0 Å². The van der Waals surface area contributed by atoms with Crippen molar-refractivity contribution in [1.29, 1.82) is 0 Å². The lowest BCUT2D eigenvalue weighted by atomic mass is 9.84. The van der Waals surface area contributed by atoms with Gasteiger partial charge in [0.1, 0.15) is 11.3 Å². The molecule has 0 saturated heterocycles. The highest BCUT2D eigenvalue weighted by molar-refractivity contribution is 8.01. The zero-order valence-electron chi connectivity index (χ0n) is 29.2. The summed E-state index contributed by atoms with van der Waals surface area (Å²) in [6, 6.07) is 54.8. The monoisotopic (exact) mass is 707 g/mol. The van der Waals surface area contributed by atoms with Gasteiger partial charge in [-0.05, 0) is 64.4 Å². The normalized spacial score (nSPS) is 12.9. The van der Waals surface area contributed by atoms with E-state index in [2.05, 4.69) is 123 Å². The van der Waals surface area contributed by atoms with E-state index < -0.39 is 20.0 Å². The van der Waals surface area contributed by atoms with E-state index in [0.29, 0.717) is 22.4 Å². The second-order valence-electron chi connectivity index (χ2n) is 13.9. The topological polar surface area (TPSA) is 59.3 Å². The molecule has 6 aromatic carbocycles. The Kier molecular flexibility index (Phi) is 9.40. The number of aryl methyl sites for hydroxylation is 1. The Bertz CT molecular complexity index is 2250. The van der Waals surface area contributed by atoms with Crippen LogP contribution in [0, 0.1) is 6.92 Å². The quantitative estimate of drug-likeness (QED) is 0.144. The van der Waals surface area contributed by atoms with E-state index in [1.807, 2.05) is 61.5 Å². The number of sulfonamides is 1. The first-order chi connectivity index (χ1) is 24.6. The second kappa shape index (κ2) is 13.9. The molecule has 4 nitrogen and oxygen atoms in total. The maximum atomic E-state index is 14.1. The summed E-state index contributed by atoms with van der Waals surface area (Å²) in [5.41, 5.74) is 7.48. The van der Waals surface area contributed by atoms with Gasteiger partial charge in [-0.15, -0.1) is 11.8 Å². The standard InChI is InChI=1S/C45H41NO3S2/c1-32-24-30-38(31-25-32)51(47,48)46-41-39-22-14-15-23-40(39)49-42(41)43(33-26-28-34(29-27-33)44(2,3)4)50-45(35-16-8-5-9-17-35,36-18-10-6-11-19-36)37-20-12-7-13-21-37/h5-31,43,46H,1-4H3. The average molecular weight is 708 g/mol. The highest BCUT2D eigenvalue weighted by Crippen LogP contribution is 2.57. The molecular weight excluding hydrogens is 667 g/mol. The Morgan fingerprint density at radius 1 is 0.588 bits per heavy atom. The minimum atomic E-state index is -3.98. The van der Waals surface area contributed by atoms with Gasteiger partial charge < -0.3 is 4.42 Å². The first kappa shape index (κ1) is 34.4. The van der Waals surface area contributed by atoms with Gasteiger partial charge in [0.2, 0.25) is 0 Å². The highest BCUT2D eigenvalue weighted by atomic mass is 32.2. The van der Waals surface area contributed by atoms with E-state index in [1.165, 1.54) is 5.56 Å². The van der Waals surface area contributed by atoms with Crippen molar-refractivity contribution >= 4 is 38.4 Å². The third-order valence-electron chi connectivity index (χ3n) is 9.34. The van der Waals surface area contributed by atoms with E-state index >= 15 is 0 Å². The third kappa shape index (κ3) is 6.86. The molecular formula is C45H41NO3S2. The summed E-state index contributed by atoms with van der Waals surface area (Å²) >= 11 is 1.74. The summed E-state index contributed by atoms with van der Waals surface area (Å²) in [4.78, 5) is 0.190. The third-order valence-corrected chi connectivity index (χ3v) is 12.5. The summed E-state index contributed by atoms with van der Waals surface area (Å²) in [5, 5.41) is 0.243. The molecule has 6 heteroatoms. The molecule has 0 bridgehead atoms. The van der Waals surface area contributed by atoms with Crippen molar-refractivity contribution in [3.63, 3.8) is 0 Å². The van der Waals surface area contributed by atoms with E-state index in [1.54, 1.807) is 23.9 Å². The molecule has 1 unspecified atom stereocenters. The molecule has 0 aliphatic heterocycles. The summed E-state index contributed by atoms with van der Waals surface area (Å²) in [5.74, 6) is 0.535. The second-order valence-corrected chi connectivity index (χ2v) is 16.9. The van der Waals surface area contributed by atoms with Crippen molar-refractivity contribution in [1.82, 2.24) is 0 Å². The van der Waals surface area contributed by atoms with E-state index in [4.69, 9.17) is 4.42 Å². The van der Waals surface area contributed by atoms with E-state index in [9.17, 15) is 8.42 Å². The number of hydrogen-bond acceptors (Lipinski definition) is 4. The molecule has 0 fully saturated rings. The fraction of sp³-hybridized carbons (Fsp3) is 0.156. The summed E-state index contributed by atoms with van der Waals surface area (Å²) in [6.07, 6.45) is 0. The van der Waals surface area contributed by atoms with Gasteiger partial charge >= 0.3 is 0 Å². The van der Waals surface area contributed by atoms with Crippen LogP contribution in [0.5, 0.6) is 0 Å². The van der Waals surface area contributed by atoms with Crippen LogP contribution in [0.15, 0.2) is 173 Å².